The SMILES string of the molecule is CC(=O)N1C[C@H]2C[C@H]1CN2Cc1cc2cc(Oc3nc4cccnc4s3)ccc2o1. The molecule has 1 amide bonds. The van der Waals surface area contributed by atoms with Crippen molar-refractivity contribution in [2.24, 2.45) is 0 Å². The molecule has 3 aromatic heterocycles. The minimum absolute atomic E-state index is 0.183. The number of rotatable bonds is 4. The Hall–Kier alpha value is -2.97. The molecule has 5 heterocycles. The molecule has 0 spiro atoms. The number of piperazine rings is 1. The molecule has 2 atom stereocenters. The van der Waals surface area contributed by atoms with Gasteiger partial charge in [0.1, 0.15) is 27.4 Å². The average Bonchev–Trinajstić information content (AvgIpc) is 3.49. The maximum absolute atomic E-state index is 11.7. The van der Waals surface area contributed by atoms with Gasteiger partial charge < -0.3 is 14.1 Å². The van der Waals surface area contributed by atoms with Gasteiger partial charge >= 0.3 is 0 Å². The van der Waals surface area contributed by atoms with Gasteiger partial charge in [-0.25, -0.2) is 9.97 Å². The Morgan fingerprint density at radius 2 is 2.20 bits per heavy atom. The first kappa shape index (κ1) is 17.9. The lowest BCUT2D eigenvalue weighted by Gasteiger charge is -2.33. The number of fused-ring (bicyclic) bond motifs is 4. The van der Waals surface area contributed by atoms with Gasteiger partial charge in [-0.05, 0) is 42.8 Å². The Kier molecular flexibility index (Phi) is 4.04. The highest BCUT2D eigenvalue weighted by atomic mass is 32.1. The monoisotopic (exact) mass is 420 g/mol. The zero-order valence-electron chi connectivity index (χ0n) is 16.4. The van der Waals surface area contributed by atoms with E-state index in [1.54, 1.807) is 13.1 Å². The van der Waals surface area contributed by atoms with Crippen LogP contribution in [-0.4, -0.2) is 50.8 Å². The molecule has 152 valence electrons. The molecule has 0 radical (unpaired) electrons. The largest absolute Gasteiger partial charge is 0.460 e. The van der Waals surface area contributed by atoms with E-state index in [9.17, 15) is 4.79 Å². The first-order chi connectivity index (χ1) is 14.6. The molecule has 8 heteroatoms. The lowest BCUT2D eigenvalue weighted by molar-refractivity contribution is -0.131. The van der Waals surface area contributed by atoms with Gasteiger partial charge in [0.2, 0.25) is 5.91 Å². The summed E-state index contributed by atoms with van der Waals surface area (Å²) in [4.78, 5) is 25.8. The van der Waals surface area contributed by atoms with Crippen molar-refractivity contribution < 1.29 is 13.9 Å². The molecule has 0 N–H and O–H groups in total. The third-order valence-electron chi connectivity index (χ3n) is 6.01. The van der Waals surface area contributed by atoms with Crippen molar-refractivity contribution in [3.8, 4) is 10.9 Å². The molecule has 1 aromatic carbocycles. The van der Waals surface area contributed by atoms with Crippen LogP contribution in [0.1, 0.15) is 19.1 Å². The number of amides is 1. The molecule has 7 nitrogen and oxygen atoms in total. The highest BCUT2D eigenvalue weighted by Crippen LogP contribution is 2.34. The molecule has 0 saturated carbocycles. The molecular formula is C22H20N4O3S. The highest BCUT2D eigenvalue weighted by molar-refractivity contribution is 7.19. The second kappa shape index (κ2) is 6.78. The van der Waals surface area contributed by atoms with E-state index < -0.39 is 0 Å². The van der Waals surface area contributed by atoms with Gasteiger partial charge in [0.25, 0.3) is 5.19 Å². The van der Waals surface area contributed by atoms with Crippen LogP contribution in [-0.2, 0) is 11.3 Å². The van der Waals surface area contributed by atoms with Crippen LogP contribution in [0.25, 0.3) is 21.3 Å². The molecule has 2 saturated heterocycles. The van der Waals surface area contributed by atoms with Gasteiger partial charge in [0.05, 0.1) is 6.54 Å². The van der Waals surface area contributed by atoms with E-state index in [0.717, 1.165) is 58.9 Å². The molecule has 0 aliphatic carbocycles. The van der Waals surface area contributed by atoms with E-state index >= 15 is 0 Å². The Morgan fingerprint density at radius 1 is 1.27 bits per heavy atom. The van der Waals surface area contributed by atoms with Crippen LogP contribution in [0.4, 0.5) is 0 Å². The summed E-state index contributed by atoms with van der Waals surface area (Å²) in [7, 11) is 0. The van der Waals surface area contributed by atoms with Crippen molar-refractivity contribution in [2.75, 3.05) is 13.1 Å². The summed E-state index contributed by atoms with van der Waals surface area (Å²) in [5.41, 5.74) is 1.69. The van der Waals surface area contributed by atoms with Crippen LogP contribution < -0.4 is 4.74 Å². The lowest BCUT2D eigenvalue weighted by atomic mass is 10.2. The topological polar surface area (TPSA) is 71.7 Å². The van der Waals surface area contributed by atoms with E-state index in [0.29, 0.717) is 17.3 Å². The predicted molar refractivity (Wildman–Crippen MR) is 114 cm³/mol. The fourth-order valence-corrected chi connectivity index (χ4v) is 5.42. The Balaban J connectivity index is 1.19. The van der Waals surface area contributed by atoms with E-state index in [4.69, 9.17) is 9.15 Å². The summed E-state index contributed by atoms with van der Waals surface area (Å²) in [5, 5.41) is 1.59. The lowest BCUT2D eigenvalue weighted by Crippen LogP contribution is -2.47. The van der Waals surface area contributed by atoms with Gasteiger partial charge in [0.15, 0.2) is 0 Å². The third-order valence-corrected chi connectivity index (χ3v) is 6.87. The Morgan fingerprint density at radius 3 is 3.00 bits per heavy atom. The summed E-state index contributed by atoms with van der Waals surface area (Å²) in [5.74, 6) is 1.85. The number of nitrogens with zero attached hydrogens (tertiary/aromatic N) is 4. The van der Waals surface area contributed by atoms with E-state index in [2.05, 4.69) is 20.9 Å². The summed E-state index contributed by atoms with van der Waals surface area (Å²) in [6, 6.07) is 12.5. The quantitative estimate of drug-likeness (QED) is 0.496. The summed E-state index contributed by atoms with van der Waals surface area (Å²) >= 11 is 1.43. The zero-order chi connectivity index (χ0) is 20.2. The minimum atomic E-state index is 0.183. The number of carbonyl (C=O) groups is 1. The fourth-order valence-electron chi connectivity index (χ4n) is 4.64. The Labute approximate surface area is 176 Å². The normalized spacial score (nSPS) is 21.2. The van der Waals surface area contributed by atoms with E-state index in [-0.39, 0.29) is 5.91 Å². The van der Waals surface area contributed by atoms with Crippen LogP contribution >= 0.6 is 11.3 Å². The van der Waals surface area contributed by atoms with Crippen molar-refractivity contribution in [3.63, 3.8) is 0 Å². The number of furan rings is 1. The van der Waals surface area contributed by atoms with E-state index in [1.807, 2.05) is 35.2 Å². The first-order valence-corrected chi connectivity index (χ1v) is 10.9. The molecule has 4 aromatic rings. The van der Waals surface area contributed by atoms with Gasteiger partial charge in [-0.2, -0.15) is 0 Å². The van der Waals surface area contributed by atoms with Crippen LogP contribution in [0.5, 0.6) is 10.9 Å². The molecule has 30 heavy (non-hydrogen) atoms. The van der Waals surface area contributed by atoms with Gasteiger partial charge in [-0.3, -0.25) is 9.69 Å². The molecule has 2 fully saturated rings. The van der Waals surface area contributed by atoms with Crippen molar-refractivity contribution in [3.05, 3.63) is 48.4 Å². The van der Waals surface area contributed by atoms with Crippen LogP contribution in [0.15, 0.2) is 47.0 Å². The third kappa shape index (κ3) is 3.03. The van der Waals surface area contributed by atoms with Gasteiger partial charge in [-0.15, -0.1) is 0 Å². The number of thiazole rings is 1. The minimum Gasteiger partial charge on any atom is -0.460 e. The second-order valence-electron chi connectivity index (χ2n) is 7.97. The summed E-state index contributed by atoms with van der Waals surface area (Å²) < 4.78 is 12.0. The van der Waals surface area contributed by atoms with Crippen LogP contribution in [0, 0.1) is 0 Å². The zero-order valence-corrected chi connectivity index (χ0v) is 17.3. The van der Waals surface area contributed by atoms with Crippen LogP contribution in [0.2, 0.25) is 0 Å². The molecule has 2 aliphatic heterocycles. The van der Waals surface area contributed by atoms with Crippen molar-refractivity contribution in [1.82, 2.24) is 19.8 Å². The number of aromatic nitrogens is 2. The van der Waals surface area contributed by atoms with Crippen molar-refractivity contribution in [1.29, 1.82) is 0 Å². The average molecular weight is 420 g/mol. The summed E-state index contributed by atoms with van der Waals surface area (Å²) in [6.45, 7) is 4.17. The van der Waals surface area contributed by atoms with E-state index in [1.165, 1.54) is 11.3 Å². The number of hydrogen-bond donors (Lipinski definition) is 0. The number of carbonyl (C=O) groups excluding carboxylic acids is 1. The highest BCUT2D eigenvalue weighted by Gasteiger charge is 2.44. The van der Waals surface area contributed by atoms with Crippen molar-refractivity contribution in [2.45, 2.75) is 32.0 Å². The number of ether oxygens (including phenoxy) is 1. The van der Waals surface area contributed by atoms with Gasteiger partial charge in [-0.1, -0.05) is 11.3 Å². The molecule has 6 rings (SSSR count). The predicted octanol–water partition coefficient (Wildman–Crippen LogP) is 4.03. The maximum atomic E-state index is 11.7. The number of benzene rings is 1. The standard InChI is InChI=1S/C22H20N4O3S/c1-13(27)26-11-15-9-16(26)10-25(15)12-18-8-14-7-17(4-5-20(14)28-18)29-22-24-19-3-2-6-23-21(19)30-22/h2-8,15-16H,9-12H2,1H3/t15-,16+/m1/s1. The van der Waals surface area contributed by atoms with Gasteiger partial charge in [0, 0.05) is 43.7 Å². The molecule has 2 aliphatic rings. The van der Waals surface area contributed by atoms with Crippen molar-refractivity contribution >= 4 is 38.6 Å². The first-order valence-electron chi connectivity index (χ1n) is 10.1. The number of likely N-dealkylation sites (tertiary alicyclic amines) is 2. The molecule has 0 unspecified atom stereocenters. The summed E-state index contributed by atoms with van der Waals surface area (Å²) in [6.07, 6.45) is 2.82. The smallest absolute Gasteiger partial charge is 0.281 e. The number of pyridine rings is 1. The Bertz CT molecular complexity index is 1230. The molecule has 2 bridgehead atoms. The fraction of sp³-hybridized carbons (Fsp3) is 0.318. The van der Waals surface area contributed by atoms with Crippen LogP contribution in [0.3, 0.4) is 0 Å². The maximum Gasteiger partial charge on any atom is 0.281 e. The molecular weight excluding hydrogens is 400 g/mol. The second-order valence-corrected chi connectivity index (χ2v) is 8.91. The number of hydrogen-bond acceptors (Lipinski definition) is 7.